The molecule has 2 aromatic rings. The van der Waals surface area contributed by atoms with Gasteiger partial charge < -0.3 is 14.5 Å². The molecule has 0 aromatic carbocycles. The van der Waals surface area contributed by atoms with E-state index in [-0.39, 0.29) is 30.4 Å². The van der Waals surface area contributed by atoms with Crippen LogP contribution in [0, 0.1) is 23.2 Å². The normalized spacial score (nSPS) is 30.4. The zero-order valence-electron chi connectivity index (χ0n) is 15.6. The van der Waals surface area contributed by atoms with Crippen LogP contribution in [0.2, 0.25) is 0 Å². The summed E-state index contributed by atoms with van der Waals surface area (Å²) in [6, 6.07) is 3.78. The Balaban J connectivity index is 1.11. The fourth-order valence-corrected chi connectivity index (χ4v) is 6.38. The van der Waals surface area contributed by atoms with Crippen molar-refractivity contribution in [3.05, 3.63) is 23.4 Å². The topological polar surface area (TPSA) is 94.3 Å². The van der Waals surface area contributed by atoms with Crippen LogP contribution in [0.3, 0.4) is 0 Å². The number of hydrogen-bond donors (Lipinski definition) is 1. The number of thiophene rings is 1. The second kappa shape index (κ2) is 6.99. The molecule has 0 unspecified atom stereocenters. The van der Waals surface area contributed by atoms with Gasteiger partial charge in [-0.05, 0) is 67.7 Å². The van der Waals surface area contributed by atoms with E-state index in [1.165, 1.54) is 30.6 Å². The van der Waals surface area contributed by atoms with Gasteiger partial charge in [-0.15, -0.1) is 21.5 Å². The van der Waals surface area contributed by atoms with Crippen LogP contribution in [0.5, 0.6) is 0 Å². The van der Waals surface area contributed by atoms with E-state index in [0.29, 0.717) is 23.6 Å². The Morgan fingerprint density at radius 1 is 1.18 bits per heavy atom. The van der Waals surface area contributed by atoms with Crippen molar-refractivity contribution in [3.8, 4) is 10.8 Å². The van der Waals surface area contributed by atoms with Crippen LogP contribution in [0.1, 0.15) is 44.4 Å². The predicted octanol–water partition coefficient (Wildman–Crippen LogP) is 3.17. The van der Waals surface area contributed by atoms with Gasteiger partial charge in [-0.3, -0.25) is 9.59 Å². The lowest BCUT2D eigenvalue weighted by atomic mass is 9.49. The SMILES string of the molecule is O=C(CNC(=O)C12CC3CC(CC(C3)C1)C2)OCc1nnc(-c2cccs2)o1. The minimum absolute atomic E-state index is 0.0290. The van der Waals surface area contributed by atoms with Gasteiger partial charge in [-0.2, -0.15) is 0 Å². The van der Waals surface area contributed by atoms with Crippen LogP contribution >= 0.6 is 11.3 Å². The quantitative estimate of drug-likeness (QED) is 0.747. The molecule has 2 aromatic heterocycles. The number of amides is 1. The van der Waals surface area contributed by atoms with Gasteiger partial charge in [0.05, 0.1) is 4.88 Å². The Hall–Kier alpha value is -2.22. The average molecular weight is 401 g/mol. The molecule has 8 heteroatoms. The third-order valence-corrected chi connectivity index (χ3v) is 7.33. The van der Waals surface area contributed by atoms with Crippen LogP contribution in [0.4, 0.5) is 0 Å². The van der Waals surface area contributed by atoms with Crippen molar-refractivity contribution in [2.24, 2.45) is 23.2 Å². The fourth-order valence-electron chi connectivity index (χ4n) is 5.73. The summed E-state index contributed by atoms with van der Waals surface area (Å²) in [6.07, 6.45) is 6.79. The van der Waals surface area contributed by atoms with E-state index in [4.69, 9.17) is 9.15 Å². The molecule has 0 radical (unpaired) electrons. The Morgan fingerprint density at radius 2 is 1.89 bits per heavy atom. The van der Waals surface area contributed by atoms with Gasteiger partial charge in [0.2, 0.25) is 5.91 Å². The molecule has 4 fully saturated rings. The molecule has 2 heterocycles. The summed E-state index contributed by atoms with van der Waals surface area (Å²) in [6.45, 7) is -0.211. The molecular weight excluding hydrogens is 378 g/mol. The maximum absolute atomic E-state index is 12.9. The third kappa shape index (κ3) is 3.34. The first-order valence-corrected chi connectivity index (χ1v) is 10.8. The molecule has 148 valence electrons. The number of ether oxygens (including phenoxy) is 1. The lowest BCUT2D eigenvalue weighted by Gasteiger charge is -2.55. The number of carbonyl (C=O) groups excluding carboxylic acids is 2. The highest BCUT2D eigenvalue weighted by Gasteiger charge is 2.54. The summed E-state index contributed by atoms with van der Waals surface area (Å²) in [7, 11) is 0. The summed E-state index contributed by atoms with van der Waals surface area (Å²) < 4.78 is 10.7. The first-order chi connectivity index (χ1) is 13.6. The number of esters is 1. The van der Waals surface area contributed by atoms with E-state index < -0.39 is 5.97 Å². The van der Waals surface area contributed by atoms with Gasteiger partial charge in [0.1, 0.15) is 6.54 Å². The summed E-state index contributed by atoms with van der Waals surface area (Å²) in [5, 5.41) is 12.6. The van der Waals surface area contributed by atoms with Crippen molar-refractivity contribution >= 4 is 23.2 Å². The predicted molar refractivity (Wildman–Crippen MR) is 101 cm³/mol. The summed E-state index contributed by atoms with van der Waals surface area (Å²) in [4.78, 5) is 25.8. The summed E-state index contributed by atoms with van der Waals surface area (Å²) in [5.74, 6) is 2.27. The number of nitrogens with one attached hydrogen (secondary N) is 1. The Morgan fingerprint density at radius 3 is 2.54 bits per heavy atom. The number of nitrogens with zero attached hydrogens (tertiary/aromatic N) is 2. The first kappa shape index (κ1) is 17.8. The van der Waals surface area contributed by atoms with Crippen LogP contribution in [0.15, 0.2) is 21.9 Å². The van der Waals surface area contributed by atoms with Crippen LogP contribution in [-0.4, -0.2) is 28.6 Å². The van der Waals surface area contributed by atoms with Gasteiger partial charge in [-0.25, -0.2) is 0 Å². The second-order valence-corrected chi connectivity index (χ2v) is 9.47. The van der Waals surface area contributed by atoms with E-state index in [0.717, 1.165) is 24.1 Å². The van der Waals surface area contributed by atoms with Gasteiger partial charge in [-0.1, -0.05) is 6.07 Å². The fraction of sp³-hybridized carbons (Fsp3) is 0.600. The largest absolute Gasteiger partial charge is 0.454 e. The molecule has 7 nitrogen and oxygen atoms in total. The van der Waals surface area contributed by atoms with Crippen LogP contribution < -0.4 is 5.32 Å². The summed E-state index contributed by atoms with van der Waals surface area (Å²) in [5.41, 5.74) is -0.253. The highest BCUT2D eigenvalue weighted by molar-refractivity contribution is 7.13. The van der Waals surface area contributed by atoms with Crippen molar-refractivity contribution in [1.29, 1.82) is 0 Å². The van der Waals surface area contributed by atoms with E-state index in [1.54, 1.807) is 0 Å². The zero-order chi connectivity index (χ0) is 19.1. The molecule has 0 aliphatic heterocycles. The molecule has 4 aliphatic rings. The van der Waals surface area contributed by atoms with E-state index in [9.17, 15) is 9.59 Å². The van der Waals surface area contributed by atoms with Crippen molar-refractivity contribution in [3.63, 3.8) is 0 Å². The minimum atomic E-state index is -0.492. The second-order valence-electron chi connectivity index (χ2n) is 8.52. The molecule has 28 heavy (non-hydrogen) atoms. The highest BCUT2D eigenvalue weighted by atomic mass is 32.1. The maximum Gasteiger partial charge on any atom is 0.325 e. The average Bonchev–Trinajstić information content (AvgIpc) is 3.34. The van der Waals surface area contributed by atoms with E-state index in [1.807, 2.05) is 17.5 Å². The van der Waals surface area contributed by atoms with Gasteiger partial charge in [0.15, 0.2) is 6.61 Å². The zero-order valence-corrected chi connectivity index (χ0v) is 16.4. The molecule has 0 atom stereocenters. The van der Waals surface area contributed by atoms with E-state index >= 15 is 0 Å². The Kier molecular flexibility index (Phi) is 4.45. The molecule has 1 N–H and O–H groups in total. The Labute approximate surface area is 166 Å². The van der Waals surface area contributed by atoms with Gasteiger partial charge in [0.25, 0.3) is 11.8 Å². The molecule has 4 bridgehead atoms. The lowest BCUT2D eigenvalue weighted by Crippen LogP contribution is -2.54. The molecular formula is C20H23N3O4S. The van der Waals surface area contributed by atoms with Gasteiger partial charge >= 0.3 is 5.97 Å². The maximum atomic E-state index is 12.9. The lowest BCUT2D eigenvalue weighted by molar-refractivity contribution is -0.151. The van der Waals surface area contributed by atoms with E-state index in [2.05, 4.69) is 15.5 Å². The van der Waals surface area contributed by atoms with Crippen LogP contribution in [-0.2, 0) is 20.9 Å². The molecule has 4 aliphatic carbocycles. The van der Waals surface area contributed by atoms with Crippen LogP contribution in [0.25, 0.3) is 10.8 Å². The van der Waals surface area contributed by atoms with Crippen molar-refractivity contribution in [2.75, 3.05) is 6.54 Å². The number of hydrogen-bond acceptors (Lipinski definition) is 7. The molecule has 0 spiro atoms. The van der Waals surface area contributed by atoms with Gasteiger partial charge in [0, 0.05) is 5.41 Å². The smallest absolute Gasteiger partial charge is 0.325 e. The molecule has 6 rings (SSSR count). The molecule has 1 amide bonds. The molecule has 4 saturated carbocycles. The standard InChI is InChI=1S/C20H23N3O4S/c24-17(26-11-16-22-23-18(27-16)15-2-1-3-28-15)10-21-19(25)20-7-12-4-13(8-20)6-14(5-12)9-20/h1-3,12-14H,4-11H2,(H,21,25). The highest BCUT2D eigenvalue weighted by Crippen LogP contribution is 2.60. The third-order valence-electron chi connectivity index (χ3n) is 6.47. The monoisotopic (exact) mass is 401 g/mol. The van der Waals surface area contributed by atoms with Crippen molar-refractivity contribution in [2.45, 2.75) is 45.1 Å². The number of carbonyl (C=O) groups is 2. The molecule has 0 saturated heterocycles. The number of rotatable bonds is 6. The Bertz CT molecular complexity index is 841. The summed E-state index contributed by atoms with van der Waals surface area (Å²) >= 11 is 1.50. The van der Waals surface area contributed by atoms with Crippen molar-refractivity contribution < 1.29 is 18.7 Å². The first-order valence-electron chi connectivity index (χ1n) is 9.90. The minimum Gasteiger partial charge on any atom is -0.454 e. The number of aromatic nitrogens is 2. The van der Waals surface area contributed by atoms with Crippen molar-refractivity contribution in [1.82, 2.24) is 15.5 Å².